The Morgan fingerprint density at radius 2 is 1.04 bits per heavy atom. The third-order valence-electron chi connectivity index (χ3n) is 2.50. The molecule has 0 atom stereocenters. The molecule has 0 bridgehead atoms. The van der Waals surface area contributed by atoms with Crippen molar-refractivity contribution in [2.75, 3.05) is 21.3 Å². The Labute approximate surface area is 162 Å². The Kier molecular flexibility index (Phi) is 8.23. The first-order chi connectivity index (χ1) is 9.93. The molecule has 0 amide bonds. The molecule has 23 heavy (non-hydrogen) atoms. The van der Waals surface area contributed by atoms with Crippen LogP contribution in [0.25, 0.3) is 0 Å². The predicted octanol–water partition coefficient (Wildman–Crippen LogP) is -0.668. The van der Waals surface area contributed by atoms with Gasteiger partial charge in [-0.15, -0.1) is 12.6 Å². The van der Waals surface area contributed by atoms with Gasteiger partial charge in [0.1, 0.15) is 9.79 Å². The molecule has 0 aliphatic carbocycles. The summed E-state index contributed by atoms with van der Waals surface area (Å²) in [6.07, 6.45) is 0. The van der Waals surface area contributed by atoms with Gasteiger partial charge in [-0.2, -0.15) is 25.3 Å². The van der Waals surface area contributed by atoms with E-state index in [1.807, 2.05) is 0 Å². The van der Waals surface area contributed by atoms with E-state index in [-0.39, 0.29) is 29.6 Å². The van der Waals surface area contributed by atoms with Crippen molar-refractivity contribution in [3.63, 3.8) is 0 Å². The fourth-order valence-corrected chi connectivity index (χ4v) is 4.69. The van der Waals surface area contributed by atoms with Crippen LogP contribution < -0.4 is 0 Å². The third kappa shape index (κ3) is 4.90. The van der Waals surface area contributed by atoms with E-state index in [1.54, 1.807) is 0 Å². The summed E-state index contributed by atoms with van der Waals surface area (Å²) in [6.45, 7) is 0. The summed E-state index contributed by atoms with van der Waals surface area (Å²) in [5, 5.41) is 0. The van der Waals surface area contributed by atoms with Gasteiger partial charge in [0.15, 0.2) is 0 Å². The van der Waals surface area contributed by atoms with Gasteiger partial charge < -0.3 is 0 Å². The van der Waals surface area contributed by atoms with E-state index in [2.05, 4.69) is 25.2 Å². The summed E-state index contributed by atoms with van der Waals surface area (Å²) in [7, 11) is -10.7. The fourth-order valence-electron chi connectivity index (χ4n) is 1.36. The maximum absolute atomic E-state index is 11.8. The summed E-state index contributed by atoms with van der Waals surface area (Å²) >= 11 is 3.82. The molecule has 9 nitrogen and oxygen atoms in total. The van der Waals surface area contributed by atoms with Crippen LogP contribution in [0.5, 0.6) is 0 Å². The zero-order valence-electron chi connectivity index (χ0n) is 11.5. The second-order valence-electron chi connectivity index (χ2n) is 3.63. The Balaban J connectivity index is 0.00000484. The van der Waals surface area contributed by atoms with Gasteiger partial charge >= 0.3 is 29.6 Å². The normalized spacial score (nSPS) is 12.7. The Hall–Kier alpha value is 0.300. The van der Waals surface area contributed by atoms with Crippen LogP contribution >= 0.6 is 12.6 Å². The molecule has 0 spiro atoms. The molecule has 0 saturated heterocycles. The molecule has 14 heteroatoms. The number of rotatable bonds is 6. The number of hydrogen-bond donors (Lipinski definition) is 1. The van der Waals surface area contributed by atoms with Crippen molar-refractivity contribution in [3.05, 3.63) is 12.1 Å². The topological polar surface area (TPSA) is 130 Å². The fraction of sp³-hybridized carbons (Fsp3) is 0.333. The second-order valence-corrected chi connectivity index (χ2v) is 9.15. The van der Waals surface area contributed by atoms with Crippen molar-refractivity contribution in [1.82, 2.24) is 0 Å². The molecule has 0 heterocycles. The molecule has 0 N–H and O–H groups in total. The van der Waals surface area contributed by atoms with E-state index in [1.165, 1.54) is 0 Å². The van der Waals surface area contributed by atoms with Gasteiger partial charge in [-0.25, -0.2) is 0 Å². The summed E-state index contributed by atoms with van der Waals surface area (Å²) in [5.41, 5.74) is 0. The van der Waals surface area contributed by atoms with E-state index in [9.17, 15) is 25.3 Å². The SMILES string of the molecule is COS(=O)(=O)c1cc(S(=O)(=O)OC)c(S)c(S(=O)(=O)OC)c1.[NaH]. The molecule has 0 aliphatic heterocycles. The molecule has 1 rings (SSSR count). The molecule has 0 radical (unpaired) electrons. The van der Waals surface area contributed by atoms with E-state index in [0.29, 0.717) is 12.1 Å². The van der Waals surface area contributed by atoms with Gasteiger partial charge in [0.25, 0.3) is 30.4 Å². The molecule has 0 aromatic heterocycles. The van der Waals surface area contributed by atoms with Gasteiger partial charge in [0, 0.05) is 4.90 Å². The van der Waals surface area contributed by atoms with Gasteiger partial charge in [0.05, 0.1) is 26.2 Å². The van der Waals surface area contributed by atoms with Gasteiger partial charge in [-0.3, -0.25) is 12.5 Å². The van der Waals surface area contributed by atoms with Crippen LogP contribution in [0, 0.1) is 0 Å². The van der Waals surface area contributed by atoms with Crippen LogP contribution in [-0.4, -0.2) is 76.1 Å². The van der Waals surface area contributed by atoms with Crippen molar-refractivity contribution in [2.24, 2.45) is 0 Å². The molecule has 0 fully saturated rings. The molecule has 128 valence electrons. The van der Waals surface area contributed by atoms with E-state index < -0.39 is 49.9 Å². The monoisotopic (exact) mass is 416 g/mol. The van der Waals surface area contributed by atoms with Gasteiger partial charge in [-0.1, -0.05) is 0 Å². The van der Waals surface area contributed by atoms with Crippen molar-refractivity contribution < 1.29 is 37.8 Å². The van der Waals surface area contributed by atoms with E-state index >= 15 is 0 Å². The predicted molar refractivity (Wildman–Crippen MR) is 83.4 cm³/mol. The first-order valence-corrected chi connectivity index (χ1v) is 9.89. The van der Waals surface area contributed by atoms with E-state index in [4.69, 9.17) is 0 Å². The maximum atomic E-state index is 11.8. The summed E-state index contributed by atoms with van der Waals surface area (Å²) in [5.74, 6) is 0. The van der Waals surface area contributed by atoms with Crippen LogP contribution in [0.15, 0.2) is 31.7 Å². The van der Waals surface area contributed by atoms with Crippen LogP contribution in [0.2, 0.25) is 0 Å². The van der Waals surface area contributed by atoms with Crippen molar-refractivity contribution in [3.8, 4) is 0 Å². The Morgan fingerprint density at radius 3 is 1.30 bits per heavy atom. The molecule has 0 aliphatic rings. The standard InChI is InChI=1S/C9H12O9S4.Na.H/c1-16-20(10,11)6-4-7(21(12,13)17-2)9(19)8(5-6)22(14,15)18-3;;/h4-5,19H,1-3H3;;. The minimum atomic E-state index is -4.43. The van der Waals surface area contributed by atoms with Crippen molar-refractivity contribution in [2.45, 2.75) is 19.6 Å². The quantitative estimate of drug-likeness (QED) is 0.364. The molecule has 1 aromatic carbocycles. The molecule has 0 unspecified atom stereocenters. The van der Waals surface area contributed by atoms with Crippen LogP contribution in [-0.2, 0) is 42.9 Å². The number of hydrogen-bond acceptors (Lipinski definition) is 10. The van der Waals surface area contributed by atoms with Crippen molar-refractivity contribution in [1.29, 1.82) is 0 Å². The Bertz CT molecular complexity index is 832. The van der Waals surface area contributed by atoms with Gasteiger partial charge in [-0.05, 0) is 12.1 Å². The molecule has 1 aromatic rings. The zero-order chi connectivity index (χ0) is 17.3. The molecular weight excluding hydrogens is 403 g/mol. The minimum absolute atomic E-state index is 0. The average Bonchev–Trinajstić information content (AvgIpc) is 2.46. The first-order valence-electron chi connectivity index (χ1n) is 5.22. The van der Waals surface area contributed by atoms with Crippen LogP contribution in [0.1, 0.15) is 0 Å². The molecular formula is C9H13NaO9S4. The molecule has 0 saturated carbocycles. The van der Waals surface area contributed by atoms with Crippen LogP contribution in [0.4, 0.5) is 0 Å². The Morgan fingerprint density at radius 1 is 0.739 bits per heavy atom. The number of thiol groups is 1. The number of benzene rings is 1. The van der Waals surface area contributed by atoms with Crippen molar-refractivity contribution >= 4 is 72.5 Å². The zero-order valence-corrected chi connectivity index (χ0v) is 14.8. The van der Waals surface area contributed by atoms with Crippen LogP contribution in [0.3, 0.4) is 0 Å². The third-order valence-corrected chi connectivity index (χ3v) is 7.13. The first kappa shape index (κ1) is 23.3. The summed E-state index contributed by atoms with van der Waals surface area (Å²) in [4.78, 5) is -2.77. The second kappa shape index (κ2) is 8.12. The summed E-state index contributed by atoms with van der Waals surface area (Å²) < 4.78 is 83.5. The average molecular weight is 416 g/mol. The summed E-state index contributed by atoms with van der Waals surface area (Å²) in [6, 6.07) is 1.35. The van der Waals surface area contributed by atoms with E-state index in [0.717, 1.165) is 21.3 Å². The van der Waals surface area contributed by atoms with Gasteiger partial charge in [0.2, 0.25) is 0 Å².